The number of aryl methyl sites for hydroxylation is 2. The van der Waals surface area contributed by atoms with Gasteiger partial charge >= 0.3 is 0 Å². The van der Waals surface area contributed by atoms with Crippen molar-refractivity contribution in [3.8, 4) is 11.6 Å². The lowest BCUT2D eigenvalue weighted by Gasteiger charge is -2.18. The Labute approximate surface area is 148 Å². The number of nitrogens with one attached hydrogen (secondary N) is 1. The van der Waals surface area contributed by atoms with Crippen LogP contribution in [0.4, 0.5) is 5.69 Å². The summed E-state index contributed by atoms with van der Waals surface area (Å²) in [5.74, 6) is 1.59. The summed E-state index contributed by atoms with van der Waals surface area (Å²) in [6, 6.07) is 9.50. The molecule has 1 aromatic carbocycles. The Balaban J connectivity index is 1.74. The minimum Gasteiger partial charge on any atom is -0.439 e. The fourth-order valence-electron chi connectivity index (χ4n) is 3.36. The number of benzene rings is 1. The minimum absolute atomic E-state index is 0.00844. The monoisotopic (exact) mass is 339 g/mol. The average Bonchev–Trinajstić information content (AvgIpc) is 3.07. The van der Waals surface area contributed by atoms with Gasteiger partial charge in [0.2, 0.25) is 11.8 Å². The predicted octanol–water partition coefficient (Wildman–Crippen LogP) is 3.80. The molecular formula is C20H25N3O2. The quantitative estimate of drug-likeness (QED) is 0.868. The fraction of sp³-hybridized carbons (Fsp3) is 0.400. The summed E-state index contributed by atoms with van der Waals surface area (Å²) in [5.41, 5.74) is 8.60. The van der Waals surface area contributed by atoms with Crippen molar-refractivity contribution < 1.29 is 9.53 Å². The van der Waals surface area contributed by atoms with Crippen LogP contribution in [0.15, 0.2) is 36.5 Å². The molecule has 1 amide bonds. The third-order valence-electron chi connectivity index (χ3n) is 4.86. The van der Waals surface area contributed by atoms with Crippen LogP contribution in [0.25, 0.3) is 0 Å². The number of nitrogens with zero attached hydrogens (tertiary/aromatic N) is 1. The summed E-state index contributed by atoms with van der Waals surface area (Å²) in [4.78, 5) is 16.8. The van der Waals surface area contributed by atoms with Crippen molar-refractivity contribution >= 4 is 11.6 Å². The van der Waals surface area contributed by atoms with E-state index in [4.69, 9.17) is 10.5 Å². The number of carbonyl (C=O) groups is 1. The third kappa shape index (κ3) is 4.17. The molecule has 1 fully saturated rings. The largest absolute Gasteiger partial charge is 0.439 e. The highest BCUT2D eigenvalue weighted by Gasteiger charge is 2.31. The number of rotatable bonds is 5. The zero-order chi connectivity index (χ0) is 17.8. The number of pyridine rings is 1. The number of hydrogen-bond acceptors (Lipinski definition) is 4. The first-order chi connectivity index (χ1) is 12.1. The van der Waals surface area contributed by atoms with Crippen molar-refractivity contribution in [1.82, 2.24) is 4.98 Å². The fourth-order valence-corrected chi connectivity index (χ4v) is 3.36. The molecule has 1 heterocycles. The van der Waals surface area contributed by atoms with E-state index < -0.39 is 0 Å². The van der Waals surface area contributed by atoms with Gasteiger partial charge < -0.3 is 15.8 Å². The summed E-state index contributed by atoms with van der Waals surface area (Å²) in [6.07, 6.45) is 4.74. The van der Waals surface area contributed by atoms with Gasteiger partial charge in [0, 0.05) is 29.9 Å². The zero-order valence-electron chi connectivity index (χ0n) is 14.8. The van der Waals surface area contributed by atoms with Gasteiger partial charge in [0.25, 0.3) is 0 Å². The maximum Gasteiger partial charge on any atom is 0.227 e. The molecule has 0 aliphatic heterocycles. The third-order valence-corrected chi connectivity index (χ3v) is 4.86. The molecule has 0 saturated heterocycles. The van der Waals surface area contributed by atoms with Crippen LogP contribution in [0.5, 0.6) is 11.6 Å². The molecule has 132 valence electrons. The molecule has 2 atom stereocenters. The van der Waals surface area contributed by atoms with E-state index in [0.29, 0.717) is 18.2 Å². The molecule has 5 heteroatoms. The zero-order valence-corrected chi connectivity index (χ0v) is 14.8. The normalized spacial score (nSPS) is 19.6. The number of nitrogens with two attached hydrogens (primary N) is 1. The molecule has 3 rings (SSSR count). The van der Waals surface area contributed by atoms with Crippen molar-refractivity contribution in [2.75, 3.05) is 11.9 Å². The second-order valence-electron chi connectivity index (χ2n) is 6.78. The number of carbonyl (C=O) groups excluding carboxylic acids is 1. The van der Waals surface area contributed by atoms with Crippen LogP contribution >= 0.6 is 0 Å². The Kier molecular flexibility index (Phi) is 5.34. The molecular weight excluding hydrogens is 314 g/mol. The van der Waals surface area contributed by atoms with Crippen molar-refractivity contribution in [2.45, 2.75) is 33.1 Å². The molecule has 0 unspecified atom stereocenters. The Morgan fingerprint density at radius 1 is 1.28 bits per heavy atom. The molecule has 0 bridgehead atoms. The highest BCUT2D eigenvalue weighted by molar-refractivity contribution is 5.93. The van der Waals surface area contributed by atoms with Gasteiger partial charge in [-0.05, 0) is 62.4 Å². The second kappa shape index (κ2) is 7.66. The predicted molar refractivity (Wildman–Crippen MR) is 98.7 cm³/mol. The first-order valence-corrected chi connectivity index (χ1v) is 8.79. The Morgan fingerprint density at radius 3 is 2.88 bits per heavy atom. The molecule has 1 aliphatic carbocycles. The van der Waals surface area contributed by atoms with Gasteiger partial charge in [0.15, 0.2) is 0 Å². The van der Waals surface area contributed by atoms with Crippen LogP contribution in [0.3, 0.4) is 0 Å². The lowest BCUT2D eigenvalue weighted by atomic mass is 9.95. The molecule has 3 N–H and O–H groups in total. The topological polar surface area (TPSA) is 77.2 Å². The van der Waals surface area contributed by atoms with Gasteiger partial charge in [-0.2, -0.15) is 0 Å². The van der Waals surface area contributed by atoms with Crippen molar-refractivity contribution in [1.29, 1.82) is 0 Å². The minimum atomic E-state index is 0.00844. The highest BCUT2D eigenvalue weighted by atomic mass is 16.5. The summed E-state index contributed by atoms with van der Waals surface area (Å²) in [5, 5.41) is 3.02. The van der Waals surface area contributed by atoms with E-state index >= 15 is 0 Å². The van der Waals surface area contributed by atoms with Gasteiger partial charge in [0.05, 0.1) is 0 Å². The number of ether oxygens (including phenoxy) is 1. The van der Waals surface area contributed by atoms with Crippen LogP contribution in [0, 0.1) is 25.7 Å². The van der Waals surface area contributed by atoms with Gasteiger partial charge in [-0.3, -0.25) is 4.79 Å². The molecule has 1 aromatic heterocycles. The van der Waals surface area contributed by atoms with Crippen LogP contribution < -0.4 is 15.8 Å². The number of amides is 1. The molecule has 1 saturated carbocycles. The number of anilines is 1. The van der Waals surface area contributed by atoms with Crippen LogP contribution in [-0.2, 0) is 4.79 Å². The SMILES string of the molecule is Cc1ccnc(Oc2cc(NC(=O)[C@@H]3CCC[C@@H]3CN)ccc2C)c1. The smallest absolute Gasteiger partial charge is 0.227 e. The maximum atomic E-state index is 12.6. The van der Waals surface area contributed by atoms with Crippen molar-refractivity contribution in [3.63, 3.8) is 0 Å². The van der Waals surface area contributed by atoms with E-state index in [-0.39, 0.29) is 17.7 Å². The van der Waals surface area contributed by atoms with E-state index in [2.05, 4.69) is 10.3 Å². The molecule has 0 radical (unpaired) electrons. The Bertz CT molecular complexity index is 760. The van der Waals surface area contributed by atoms with Crippen molar-refractivity contribution in [2.24, 2.45) is 17.6 Å². The molecule has 2 aromatic rings. The first kappa shape index (κ1) is 17.4. The van der Waals surface area contributed by atoms with Gasteiger partial charge in [0.1, 0.15) is 5.75 Å². The van der Waals surface area contributed by atoms with Gasteiger partial charge in [-0.15, -0.1) is 0 Å². The molecule has 25 heavy (non-hydrogen) atoms. The summed E-state index contributed by atoms with van der Waals surface area (Å²) in [7, 11) is 0. The standard InChI is InChI=1S/C20H25N3O2/c1-13-8-9-22-19(10-13)25-18-11-16(7-6-14(18)2)23-20(24)17-5-3-4-15(17)12-21/h6-11,15,17H,3-5,12,21H2,1-2H3,(H,23,24)/t15-,17-/m1/s1. The van der Waals surface area contributed by atoms with Crippen molar-refractivity contribution in [3.05, 3.63) is 47.7 Å². The van der Waals surface area contributed by atoms with Crippen LogP contribution in [-0.4, -0.2) is 17.4 Å². The number of hydrogen-bond donors (Lipinski definition) is 2. The van der Waals surface area contributed by atoms with E-state index in [9.17, 15) is 4.79 Å². The second-order valence-corrected chi connectivity index (χ2v) is 6.78. The van der Waals surface area contributed by atoms with E-state index in [1.54, 1.807) is 6.20 Å². The highest BCUT2D eigenvalue weighted by Crippen LogP contribution is 2.33. The van der Waals surface area contributed by atoms with Gasteiger partial charge in [-0.1, -0.05) is 12.5 Å². The number of aromatic nitrogens is 1. The maximum absolute atomic E-state index is 12.6. The Morgan fingerprint density at radius 2 is 2.12 bits per heavy atom. The summed E-state index contributed by atoms with van der Waals surface area (Å²) < 4.78 is 5.90. The van der Waals surface area contributed by atoms with E-state index in [1.165, 1.54) is 0 Å². The Hall–Kier alpha value is -2.40. The van der Waals surface area contributed by atoms with Crippen LogP contribution in [0.2, 0.25) is 0 Å². The summed E-state index contributed by atoms with van der Waals surface area (Å²) >= 11 is 0. The first-order valence-electron chi connectivity index (χ1n) is 8.79. The molecule has 1 aliphatic rings. The summed E-state index contributed by atoms with van der Waals surface area (Å²) in [6.45, 7) is 4.53. The molecule has 0 spiro atoms. The lowest BCUT2D eigenvalue weighted by molar-refractivity contribution is -0.120. The molecule has 5 nitrogen and oxygen atoms in total. The van der Waals surface area contributed by atoms with Gasteiger partial charge in [-0.25, -0.2) is 4.98 Å². The van der Waals surface area contributed by atoms with E-state index in [1.807, 2.05) is 44.2 Å². The van der Waals surface area contributed by atoms with Crippen LogP contribution in [0.1, 0.15) is 30.4 Å². The van der Waals surface area contributed by atoms with E-state index in [0.717, 1.165) is 36.1 Å². The lowest BCUT2D eigenvalue weighted by Crippen LogP contribution is -2.29. The average molecular weight is 339 g/mol.